The predicted octanol–water partition coefficient (Wildman–Crippen LogP) is 2.72. The molecule has 1 N–H and O–H groups in total. The van der Waals surface area contributed by atoms with Crippen molar-refractivity contribution in [1.82, 2.24) is 0 Å². The molecule has 1 heterocycles. The number of anilines is 2. The molecule has 0 saturated carbocycles. The maximum atomic E-state index is 12.9. The van der Waals surface area contributed by atoms with Gasteiger partial charge in [-0.1, -0.05) is 12.1 Å². The summed E-state index contributed by atoms with van der Waals surface area (Å²) in [5.41, 5.74) is 2.92. The standard InChI is InChI=1S/C18H19FN2O3S/c1-25(23,24)21-10-2-3-14-12-16(8-9-17(14)21)20-18(22)11-13-4-6-15(19)7-5-13/h4-9,12H,2-3,10-11H2,1H3,(H,20,22). The fraction of sp³-hybridized carbons (Fsp3) is 0.278. The fourth-order valence-electron chi connectivity index (χ4n) is 2.98. The van der Waals surface area contributed by atoms with Crippen molar-refractivity contribution in [3.8, 4) is 0 Å². The molecular weight excluding hydrogens is 343 g/mol. The Bertz CT molecular complexity index is 895. The molecular formula is C18H19FN2O3S. The number of hydrogen-bond acceptors (Lipinski definition) is 3. The zero-order valence-corrected chi connectivity index (χ0v) is 14.6. The number of rotatable bonds is 4. The largest absolute Gasteiger partial charge is 0.326 e. The molecule has 132 valence electrons. The summed E-state index contributed by atoms with van der Waals surface area (Å²) in [7, 11) is -3.30. The second kappa shape index (κ2) is 6.84. The molecule has 2 aromatic carbocycles. The van der Waals surface area contributed by atoms with E-state index in [1.54, 1.807) is 24.3 Å². The number of halogens is 1. The Hall–Kier alpha value is -2.41. The van der Waals surface area contributed by atoms with Crippen molar-refractivity contribution in [3.63, 3.8) is 0 Å². The van der Waals surface area contributed by atoms with Crippen LogP contribution in [-0.2, 0) is 27.7 Å². The Kier molecular flexibility index (Phi) is 4.76. The van der Waals surface area contributed by atoms with Crippen molar-refractivity contribution in [3.05, 3.63) is 59.4 Å². The monoisotopic (exact) mass is 362 g/mol. The smallest absolute Gasteiger partial charge is 0.232 e. The molecule has 25 heavy (non-hydrogen) atoms. The summed E-state index contributed by atoms with van der Waals surface area (Å²) in [6, 6.07) is 11.0. The normalized spacial score (nSPS) is 14.1. The Morgan fingerprint density at radius 1 is 1.20 bits per heavy atom. The first-order chi connectivity index (χ1) is 11.8. The lowest BCUT2D eigenvalue weighted by molar-refractivity contribution is -0.115. The molecule has 1 aliphatic heterocycles. The van der Waals surface area contributed by atoms with Gasteiger partial charge in [-0.05, 0) is 54.3 Å². The van der Waals surface area contributed by atoms with Crippen molar-refractivity contribution in [2.75, 3.05) is 22.4 Å². The molecule has 0 radical (unpaired) electrons. The average Bonchev–Trinajstić information content (AvgIpc) is 2.55. The van der Waals surface area contributed by atoms with Crippen LogP contribution in [0.15, 0.2) is 42.5 Å². The zero-order valence-electron chi connectivity index (χ0n) is 13.8. The molecule has 1 aliphatic rings. The summed E-state index contributed by atoms with van der Waals surface area (Å²) in [5.74, 6) is -0.545. The van der Waals surface area contributed by atoms with E-state index in [9.17, 15) is 17.6 Å². The van der Waals surface area contributed by atoms with E-state index in [1.807, 2.05) is 6.07 Å². The van der Waals surface area contributed by atoms with Crippen LogP contribution in [0.3, 0.4) is 0 Å². The summed E-state index contributed by atoms with van der Waals surface area (Å²) in [5, 5.41) is 2.81. The van der Waals surface area contributed by atoms with Crippen LogP contribution in [0.4, 0.5) is 15.8 Å². The fourth-order valence-corrected chi connectivity index (χ4v) is 3.97. The Morgan fingerprint density at radius 3 is 2.60 bits per heavy atom. The molecule has 0 aromatic heterocycles. The number of benzene rings is 2. The summed E-state index contributed by atoms with van der Waals surface area (Å²) >= 11 is 0. The Balaban J connectivity index is 1.74. The van der Waals surface area contributed by atoms with Gasteiger partial charge in [0.05, 0.1) is 18.4 Å². The number of nitrogens with one attached hydrogen (secondary N) is 1. The van der Waals surface area contributed by atoms with Gasteiger partial charge >= 0.3 is 0 Å². The van der Waals surface area contributed by atoms with E-state index in [1.165, 1.54) is 22.7 Å². The van der Waals surface area contributed by atoms with Crippen molar-refractivity contribution in [2.45, 2.75) is 19.3 Å². The number of carbonyl (C=O) groups excluding carboxylic acids is 1. The minimum atomic E-state index is -3.30. The van der Waals surface area contributed by atoms with Crippen molar-refractivity contribution in [2.24, 2.45) is 0 Å². The third kappa shape index (κ3) is 4.17. The van der Waals surface area contributed by atoms with Crippen LogP contribution in [0.5, 0.6) is 0 Å². The molecule has 0 saturated heterocycles. The summed E-state index contributed by atoms with van der Waals surface area (Å²) in [4.78, 5) is 12.1. The van der Waals surface area contributed by atoms with Gasteiger partial charge < -0.3 is 5.32 Å². The van der Waals surface area contributed by atoms with Crippen molar-refractivity contribution < 1.29 is 17.6 Å². The van der Waals surface area contributed by atoms with Crippen molar-refractivity contribution >= 4 is 27.3 Å². The quantitative estimate of drug-likeness (QED) is 0.909. The topological polar surface area (TPSA) is 66.5 Å². The second-order valence-corrected chi connectivity index (χ2v) is 8.04. The highest BCUT2D eigenvalue weighted by molar-refractivity contribution is 7.92. The van der Waals surface area contributed by atoms with E-state index in [0.29, 0.717) is 17.9 Å². The van der Waals surface area contributed by atoms with Gasteiger partial charge in [0.2, 0.25) is 15.9 Å². The minimum absolute atomic E-state index is 0.146. The van der Waals surface area contributed by atoms with E-state index in [2.05, 4.69) is 5.32 Å². The average molecular weight is 362 g/mol. The maximum Gasteiger partial charge on any atom is 0.232 e. The number of amides is 1. The number of nitrogens with zero attached hydrogens (tertiary/aromatic N) is 1. The van der Waals surface area contributed by atoms with Crippen LogP contribution in [0.1, 0.15) is 17.5 Å². The third-order valence-electron chi connectivity index (χ3n) is 4.12. The summed E-state index contributed by atoms with van der Waals surface area (Å²) in [6.07, 6.45) is 2.85. The molecule has 3 rings (SSSR count). The summed E-state index contributed by atoms with van der Waals surface area (Å²) in [6.45, 7) is 0.474. The Morgan fingerprint density at radius 2 is 1.92 bits per heavy atom. The van der Waals surface area contributed by atoms with E-state index in [4.69, 9.17) is 0 Å². The Labute approximate surface area is 146 Å². The highest BCUT2D eigenvalue weighted by atomic mass is 32.2. The van der Waals surface area contributed by atoms with Crippen LogP contribution in [0, 0.1) is 5.82 Å². The van der Waals surface area contributed by atoms with Crippen molar-refractivity contribution in [1.29, 1.82) is 0 Å². The highest BCUT2D eigenvalue weighted by Crippen LogP contribution is 2.31. The van der Waals surface area contributed by atoms with Crippen LogP contribution in [0.2, 0.25) is 0 Å². The molecule has 5 nitrogen and oxygen atoms in total. The molecule has 1 amide bonds. The van der Waals surface area contributed by atoms with Gasteiger partial charge in [0, 0.05) is 12.2 Å². The number of fused-ring (bicyclic) bond motifs is 1. The number of carbonyl (C=O) groups is 1. The lowest BCUT2D eigenvalue weighted by Crippen LogP contribution is -2.34. The molecule has 0 unspecified atom stereocenters. The van der Waals surface area contributed by atoms with Crippen LogP contribution >= 0.6 is 0 Å². The van der Waals surface area contributed by atoms with E-state index in [0.717, 1.165) is 24.0 Å². The second-order valence-electron chi connectivity index (χ2n) is 6.13. The number of hydrogen-bond donors (Lipinski definition) is 1. The molecule has 2 aromatic rings. The minimum Gasteiger partial charge on any atom is -0.326 e. The van der Waals surface area contributed by atoms with E-state index in [-0.39, 0.29) is 18.1 Å². The van der Waals surface area contributed by atoms with E-state index >= 15 is 0 Å². The van der Waals surface area contributed by atoms with Gasteiger partial charge in [-0.25, -0.2) is 12.8 Å². The number of sulfonamides is 1. The first kappa shape index (κ1) is 17.4. The van der Waals surface area contributed by atoms with Gasteiger partial charge in [-0.2, -0.15) is 0 Å². The molecule has 7 heteroatoms. The first-order valence-electron chi connectivity index (χ1n) is 7.98. The van der Waals surface area contributed by atoms with Gasteiger partial charge in [-0.3, -0.25) is 9.10 Å². The van der Waals surface area contributed by atoms with Gasteiger partial charge in [0.15, 0.2) is 0 Å². The molecule has 0 aliphatic carbocycles. The predicted molar refractivity (Wildman–Crippen MR) is 95.7 cm³/mol. The SMILES string of the molecule is CS(=O)(=O)N1CCCc2cc(NC(=O)Cc3ccc(F)cc3)ccc21. The van der Waals surface area contributed by atoms with Gasteiger partial charge in [0.25, 0.3) is 0 Å². The van der Waals surface area contributed by atoms with E-state index < -0.39 is 10.0 Å². The molecule has 0 spiro atoms. The molecule has 0 atom stereocenters. The van der Waals surface area contributed by atoms with Gasteiger partial charge in [0.1, 0.15) is 5.82 Å². The lowest BCUT2D eigenvalue weighted by Gasteiger charge is -2.29. The van der Waals surface area contributed by atoms with Crippen LogP contribution in [0.25, 0.3) is 0 Å². The van der Waals surface area contributed by atoms with Gasteiger partial charge in [-0.15, -0.1) is 0 Å². The highest BCUT2D eigenvalue weighted by Gasteiger charge is 2.24. The molecule has 0 fully saturated rings. The zero-order chi connectivity index (χ0) is 18.0. The third-order valence-corrected chi connectivity index (χ3v) is 5.30. The molecule has 0 bridgehead atoms. The maximum absolute atomic E-state index is 12.9. The first-order valence-corrected chi connectivity index (χ1v) is 9.83. The van der Waals surface area contributed by atoms with Crippen LogP contribution < -0.4 is 9.62 Å². The number of aryl methyl sites for hydroxylation is 1. The van der Waals surface area contributed by atoms with Crippen LogP contribution in [-0.4, -0.2) is 27.1 Å². The summed E-state index contributed by atoms with van der Waals surface area (Å²) < 4.78 is 38.0. The lowest BCUT2D eigenvalue weighted by atomic mass is 10.0.